The summed E-state index contributed by atoms with van der Waals surface area (Å²) in [7, 11) is 0. The molecule has 1 saturated carbocycles. The smallest absolute Gasteiger partial charge is 1.00 e. The Morgan fingerprint density at radius 3 is 2.65 bits per heavy atom. The van der Waals surface area contributed by atoms with Crippen molar-refractivity contribution in [1.82, 2.24) is 0 Å². The van der Waals surface area contributed by atoms with Gasteiger partial charge in [-0.3, -0.25) is 4.79 Å². The van der Waals surface area contributed by atoms with Crippen LogP contribution in [0.1, 0.15) is 33.6 Å². The van der Waals surface area contributed by atoms with Crippen LogP contribution in [0.5, 0.6) is 0 Å². The number of ether oxygens (including phenoxy) is 1. The van der Waals surface area contributed by atoms with Gasteiger partial charge in [-0.2, -0.15) is 0 Å². The Balaban J connectivity index is 0. The second-order valence-electron chi connectivity index (χ2n) is 4.83. The van der Waals surface area contributed by atoms with Crippen LogP contribution in [0.4, 0.5) is 0 Å². The minimum absolute atomic E-state index is 0. The largest absolute Gasteiger partial charge is 1.00 e. The molecule has 0 bridgehead atoms. The summed E-state index contributed by atoms with van der Waals surface area (Å²) in [6, 6.07) is 0. The fourth-order valence-corrected chi connectivity index (χ4v) is 2.42. The van der Waals surface area contributed by atoms with E-state index in [2.05, 4.69) is 13.3 Å². The Morgan fingerprint density at radius 1 is 1.59 bits per heavy atom. The molecule has 0 aliphatic heterocycles. The molecule has 5 heteroatoms. The fourth-order valence-electron chi connectivity index (χ4n) is 2.42. The minimum Gasteiger partial charge on any atom is -1.00 e. The number of aliphatic hydroxyl groups is 1. The van der Waals surface area contributed by atoms with Crippen LogP contribution in [0.25, 0.3) is 0 Å². The van der Waals surface area contributed by atoms with E-state index in [0.717, 1.165) is 12.8 Å². The van der Waals surface area contributed by atoms with Gasteiger partial charge in [0.05, 0.1) is 6.61 Å². The summed E-state index contributed by atoms with van der Waals surface area (Å²) in [6.07, 6.45) is 4.32. The molecule has 0 saturated heterocycles. The monoisotopic (exact) mass is 450 g/mol. The van der Waals surface area contributed by atoms with Gasteiger partial charge in [0.1, 0.15) is 0 Å². The maximum atomic E-state index is 10.8. The van der Waals surface area contributed by atoms with Gasteiger partial charge in [0.15, 0.2) is 0 Å². The Labute approximate surface area is 131 Å². The third-order valence-corrected chi connectivity index (χ3v) is 3.57. The SMILES string of the molecule is CC(=O)OC[C@@H]1C(C)CC[CH][C@@]1(C)CO.[Cl-].[Hg+]. The molecular weight excluding hydrogens is 428 g/mol. The van der Waals surface area contributed by atoms with E-state index < -0.39 is 0 Å². The van der Waals surface area contributed by atoms with Crippen LogP contribution in [0.3, 0.4) is 0 Å². The summed E-state index contributed by atoms with van der Waals surface area (Å²) < 4.78 is 5.08. The summed E-state index contributed by atoms with van der Waals surface area (Å²) >= 11 is 0. The van der Waals surface area contributed by atoms with Crippen molar-refractivity contribution >= 4 is 5.97 Å². The van der Waals surface area contributed by atoms with Crippen molar-refractivity contribution in [2.24, 2.45) is 17.3 Å². The third-order valence-electron chi connectivity index (χ3n) is 3.57. The van der Waals surface area contributed by atoms with Gasteiger partial charge in [0.2, 0.25) is 0 Å². The molecule has 1 fully saturated rings. The zero-order chi connectivity index (χ0) is 11.5. The zero-order valence-corrected chi connectivity index (χ0v) is 17.2. The average Bonchev–Trinajstić information content (AvgIpc) is 2.16. The van der Waals surface area contributed by atoms with E-state index in [4.69, 9.17) is 4.74 Å². The first-order valence-corrected chi connectivity index (χ1v) is 5.58. The summed E-state index contributed by atoms with van der Waals surface area (Å²) in [6.45, 7) is 6.17. The van der Waals surface area contributed by atoms with Crippen molar-refractivity contribution in [2.75, 3.05) is 13.2 Å². The maximum absolute atomic E-state index is 10.8. The molecule has 0 heterocycles. The molecule has 17 heavy (non-hydrogen) atoms. The first kappa shape index (κ1) is 20.0. The fraction of sp³-hybridized carbons (Fsp3) is 0.833. The number of aliphatic hydroxyl groups excluding tert-OH is 1. The topological polar surface area (TPSA) is 46.5 Å². The molecule has 0 spiro atoms. The van der Waals surface area contributed by atoms with Crippen LogP contribution in [0.2, 0.25) is 0 Å². The van der Waals surface area contributed by atoms with Crippen LogP contribution < -0.4 is 12.4 Å². The molecule has 1 unspecified atom stereocenters. The minimum atomic E-state index is -0.243. The molecule has 0 aromatic rings. The van der Waals surface area contributed by atoms with Gasteiger partial charge in [0.25, 0.3) is 0 Å². The van der Waals surface area contributed by atoms with E-state index in [1.165, 1.54) is 6.92 Å². The van der Waals surface area contributed by atoms with Crippen molar-refractivity contribution in [3.63, 3.8) is 0 Å². The van der Waals surface area contributed by atoms with Crippen molar-refractivity contribution < 1.29 is 54.7 Å². The molecule has 3 atom stereocenters. The molecule has 0 aromatic heterocycles. The van der Waals surface area contributed by atoms with Gasteiger partial charge in [-0.1, -0.05) is 20.3 Å². The van der Waals surface area contributed by atoms with Crippen LogP contribution in [0, 0.1) is 23.7 Å². The van der Waals surface area contributed by atoms with E-state index >= 15 is 0 Å². The van der Waals surface area contributed by atoms with E-state index in [1.807, 2.05) is 6.92 Å². The van der Waals surface area contributed by atoms with Crippen molar-refractivity contribution in [2.45, 2.75) is 33.6 Å². The zero-order valence-electron chi connectivity index (χ0n) is 10.9. The summed E-state index contributed by atoms with van der Waals surface area (Å²) in [5, 5.41) is 9.43. The average molecular weight is 449 g/mol. The van der Waals surface area contributed by atoms with Gasteiger partial charge in [-0.05, 0) is 18.8 Å². The van der Waals surface area contributed by atoms with Crippen LogP contribution in [-0.4, -0.2) is 24.3 Å². The number of carbonyl (C=O) groups excluding carboxylic acids is 1. The molecule has 96 valence electrons. The van der Waals surface area contributed by atoms with Crippen LogP contribution in [0.15, 0.2) is 0 Å². The van der Waals surface area contributed by atoms with Gasteiger partial charge < -0.3 is 22.3 Å². The predicted octanol–water partition coefficient (Wildman–Crippen LogP) is -1.20. The summed E-state index contributed by atoms with van der Waals surface area (Å²) in [4.78, 5) is 10.8. The summed E-state index contributed by atoms with van der Waals surface area (Å²) in [5.41, 5.74) is -0.201. The number of hydrogen-bond acceptors (Lipinski definition) is 3. The molecule has 0 aromatic carbocycles. The Morgan fingerprint density at radius 2 is 2.18 bits per heavy atom. The van der Waals surface area contributed by atoms with Gasteiger partial charge >= 0.3 is 33.6 Å². The third kappa shape index (κ3) is 5.43. The number of hydrogen-bond donors (Lipinski definition) is 1. The second-order valence-corrected chi connectivity index (χ2v) is 4.83. The Kier molecular flexibility index (Phi) is 10.2. The van der Waals surface area contributed by atoms with Crippen molar-refractivity contribution in [1.29, 1.82) is 0 Å². The Bertz CT molecular complexity index is 238. The molecule has 1 rings (SSSR count). The quantitative estimate of drug-likeness (QED) is 0.435. The van der Waals surface area contributed by atoms with Gasteiger partial charge in [-0.25, -0.2) is 0 Å². The molecule has 1 N–H and O–H groups in total. The standard InChI is InChI=1S/C12H21O3.ClH.Hg/c1-9-5-4-6-12(3,8-13)11(9)7-15-10(2)14;;/h6,9,11,13H,4-5,7-8H2,1-3H3;1H;/q;;+1/p-1/t9?,11-,12+;;/m1../s1. The van der Waals surface area contributed by atoms with Crippen molar-refractivity contribution in [3.05, 3.63) is 6.42 Å². The Hall–Kier alpha value is 0.655. The van der Waals surface area contributed by atoms with Gasteiger partial charge in [-0.15, -0.1) is 0 Å². The number of carbonyl (C=O) groups is 1. The molecule has 3 nitrogen and oxygen atoms in total. The number of halogens is 1. The normalized spacial score (nSPS) is 32.0. The van der Waals surface area contributed by atoms with E-state index in [-0.39, 0.29) is 64.0 Å². The number of esters is 1. The molecule has 0 amide bonds. The maximum Gasteiger partial charge on any atom is 1.00 e. The van der Waals surface area contributed by atoms with Crippen LogP contribution in [-0.2, 0) is 37.2 Å². The van der Waals surface area contributed by atoms with E-state index in [9.17, 15) is 9.90 Å². The van der Waals surface area contributed by atoms with Crippen molar-refractivity contribution in [3.8, 4) is 0 Å². The molecular formula is C12H21ClHgO3. The first-order valence-electron chi connectivity index (χ1n) is 5.58. The molecule has 1 aliphatic carbocycles. The van der Waals surface area contributed by atoms with Gasteiger partial charge in [0, 0.05) is 24.9 Å². The first-order chi connectivity index (χ1) is 6.99. The van der Waals surface area contributed by atoms with E-state index in [1.54, 1.807) is 0 Å². The van der Waals surface area contributed by atoms with Crippen LogP contribution >= 0.6 is 0 Å². The predicted molar refractivity (Wildman–Crippen MR) is 58.0 cm³/mol. The number of rotatable bonds is 3. The summed E-state index contributed by atoms with van der Waals surface area (Å²) in [5.74, 6) is 0.486. The second kappa shape index (κ2) is 8.70. The molecule has 1 aliphatic rings. The van der Waals surface area contributed by atoms with E-state index in [0.29, 0.717) is 12.5 Å². The molecule has 2 radical (unpaired) electrons.